The lowest BCUT2D eigenvalue weighted by Crippen LogP contribution is -1.94. The standard InChI is InChI=1S/C10H12FN/c1-8(5-6-12)9-3-2-4-10(11)7-9/h2-4,6-8,12H,5H2,1H3. The van der Waals surface area contributed by atoms with Crippen molar-refractivity contribution >= 4 is 6.21 Å². The third-order valence-corrected chi connectivity index (χ3v) is 1.89. The van der Waals surface area contributed by atoms with Crippen LogP contribution in [0, 0.1) is 11.2 Å². The molecule has 0 aliphatic carbocycles. The topological polar surface area (TPSA) is 23.9 Å². The van der Waals surface area contributed by atoms with Gasteiger partial charge >= 0.3 is 0 Å². The Morgan fingerprint density at radius 3 is 2.92 bits per heavy atom. The van der Waals surface area contributed by atoms with Gasteiger partial charge in [-0.15, -0.1) is 0 Å². The van der Waals surface area contributed by atoms with Gasteiger partial charge in [-0.3, -0.25) is 0 Å². The zero-order valence-corrected chi connectivity index (χ0v) is 7.05. The summed E-state index contributed by atoms with van der Waals surface area (Å²) in [5.41, 5.74) is 0.957. The van der Waals surface area contributed by atoms with Gasteiger partial charge in [0.25, 0.3) is 0 Å². The highest BCUT2D eigenvalue weighted by molar-refractivity contribution is 5.54. The molecule has 2 heteroatoms. The van der Waals surface area contributed by atoms with Crippen LogP contribution in [-0.2, 0) is 0 Å². The molecule has 1 rings (SSSR count). The van der Waals surface area contributed by atoms with E-state index in [-0.39, 0.29) is 11.7 Å². The molecule has 1 N–H and O–H groups in total. The Hall–Kier alpha value is -1.18. The predicted octanol–water partition coefficient (Wildman–Crippen LogP) is 2.97. The van der Waals surface area contributed by atoms with E-state index in [1.807, 2.05) is 13.0 Å². The van der Waals surface area contributed by atoms with Gasteiger partial charge in [0.1, 0.15) is 5.82 Å². The van der Waals surface area contributed by atoms with Crippen LogP contribution in [-0.4, -0.2) is 6.21 Å². The highest BCUT2D eigenvalue weighted by Gasteiger charge is 2.03. The Morgan fingerprint density at radius 2 is 2.33 bits per heavy atom. The molecular weight excluding hydrogens is 153 g/mol. The van der Waals surface area contributed by atoms with E-state index in [4.69, 9.17) is 5.41 Å². The second-order valence-corrected chi connectivity index (χ2v) is 2.90. The normalized spacial score (nSPS) is 12.5. The molecule has 0 spiro atoms. The van der Waals surface area contributed by atoms with Crippen LogP contribution in [0.4, 0.5) is 4.39 Å². The lowest BCUT2D eigenvalue weighted by Gasteiger charge is -2.07. The van der Waals surface area contributed by atoms with Gasteiger partial charge in [-0.2, -0.15) is 0 Å². The van der Waals surface area contributed by atoms with Gasteiger partial charge in [0.15, 0.2) is 0 Å². The lowest BCUT2D eigenvalue weighted by atomic mass is 9.98. The number of benzene rings is 1. The molecular formula is C10H12FN. The van der Waals surface area contributed by atoms with Crippen LogP contribution in [0.5, 0.6) is 0 Å². The van der Waals surface area contributed by atoms with Crippen LogP contribution < -0.4 is 0 Å². The fraction of sp³-hybridized carbons (Fsp3) is 0.300. The highest BCUT2D eigenvalue weighted by Crippen LogP contribution is 2.18. The maximum absolute atomic E-state index is 12.7. The van der Waals surface area contributed by atoms with E-state index >= 15 is 0 Å². The molecule has 0 saturated carbocycles. The quantitative estimate of drug-likeness (QED) is 0.666. The SMILES string of the molecule is CC(CC=N)c1cccc(F)c1. The average molecular weight is 165 g/mol. The van der Waals surface area contributed by atoms with Crippen molar-refractivity contribution in [1.29, 1.82) is 5.41 Å². The molecule has 64 valence electrons. The maximum Gasteiger partial charge on any atom is 0.123 e. The van der Waals surface area contributed by atoms with Gasteiger partial charge in [0.2, 0.25) is 0 Å². The van der Waals surface area contributed by atoms with Crippen molar-refractivity contribution in [3.05, 3.63) is 35.6 Å². The average Bonchev–Trinajstić information content (AvgIpc) is 2.05. The minimum atomic E-state index is -0.204. The van der Waals surface area contributed by atoms with Gasteiger partial charge in [-0.05, 0) is 36.2 Å². The molecule has 12 heavy (non-hydrogen) atoms. The molecule has 0 saturated heterocycles. The zero-order chi connectivity index (χ0) is 8.97. The molecule has 0 heterocycles. The van der Waals surface area contributed by atoms with Gasteiger partial charge in [0.05, 0.1) is 0 Å². The molecule has 1 aromatic rings. The molecule has 0 aromatic heterocycles. The molecule has 0 aliphatic rings. The summed E-state index contributed by atoms with van der Waals surface area (Å²) < 4.78 is 12.7. The van der Waals surface area contributed by atoms with Gasteiger partial charge in [-0.1, -0.05) is 19.1 Å². The smallest absolute Gasteiger partial charge is 0.123 e. The Kier molecular flexibility index (Phi) is 2.97. The predicted molar refractivity (Wildman–Crippen MR) is 48.2 cm³/mol. The molecule has 0 aliphatic heterocycles. The van der Waals surface area contributed by atoms with Crippen molar-refractivity contribution in [3.8, 4) is 0 Å². The minimum absolute atomic E-state index is 0.204. The highest BCUT2D eigenvalue weighted by atomic mass is 19.1. The van der Waals surface area contributed by atoms with E-state index in [9.17, 15) is 4.39 Å². The summed E-state index contributed by atoms with van der Waals surface area (Å²) in [7, 11) is 0. The fourth-order valence-corrected chi connectivity index (χ4v) is 1.13. The number of rotatable bonds is 3. The van der Waals surface area contributed by atoms with E-state index in [0.29, 0.717) is 6.42 Å². The monoisotopic (exact) mass is 165 g/mol. The first-order valence-electron chi connectivity index (χ1n) is 3.98. The molecule has 0 bridgehead atoms. The molecule has 0 radical (unpaired) electrons. The largest absolute Gasteiger partial charge is 0.313 e. The summed E-state index contributed by atoms with van der Waals surface area (Å²) in [5, 5.41) is 6.92. The molecule has 0 amide bonds. The Bertz CT molecular complexity index is 270. The summed E-state index contributed by atoms with van der Waals surface area (Å²) in [5.74, 6) is 0.0301. The molecule has 1 aromatic carbocycles. The van der Waals surface area contributed by atoms with Crippen molar-refractivity contribution in [2.24, 2.45) is 0 Å². The van der Waals surface area contributed by atoms with Crippen molar-refractivity contribution in [2.45, 2.75) is 19.3 Å². The first-order chi connectivity index (χ1) is 5.74. The summed E-state index contributed by atoms with van der Waals surface area (Å²) in [6.45, 7) is 1.99. The van der Waals surface area contributed by atoms with E-state index in [1.165, 1.54) is 18.3 Å². The first kappa shape index (κ1) is 8.91. The third-order valence-electron chi connectivity index (χ3n) is 1.89. The summed E-state index contributed by atoms with van der Waals surface area (Å²) >= 11 is 0. The van der Waals surface area contributed by atoms with E-state index < -0.39 is 0 Å². The van der Waals surface area contributed by atoms with Gasteiger partial charge in [0, 0.05) is 0 Å². The Labute approximate surface area is 71.7 Å². The Morgan fingerprint density at radius 1 is 1.58 bits per heavy atom. The van der Waals surface area contributed by atoms with Crippen LogP contribution in [0.15, 0.2) is 24.3 Å². The van der Waals surface area contributed by atoms with Crippen molar-refractivity contribution in [2.75, 3.05) is 0 Å². The molecule has 1 unspecified atom stereocenters. The van der Waals surface area contributed by atoms with Crippen molar-refractivity contribution < 1.29 is 4.39 Å². The second-order valence-electron chi connectivity index (χ2n) is 2.90. The summed E-state index contributed by atoms with van der Waals surface area (Å²) in [6.07, 6.45) is 2.03. The lowest BCUT2D eigenvalue weighted by molar-refractivity contribution is 0.622. The van der Waals surface area contributed by atoms with Gasteiger partial charge in [-0.25, -0.2) is 4.39 Å². The Balaban J connectivity index is 2.80. The van der Waals surface area contributed by atoms with E-state index in [1.54, 1.807) is 6.07 Å². The second kappa shape index (κ2) is 4.00. The van der Waals surface area contributed by atoms with Crippen LogP contribution in [0.2, 0.25) is 0 Å². The van der Waals surface area contributed by atoms with Crippen LogP contribution in [0.3, 0.4) is 0 Å². The molecule has 0 fully saturated rings. The fourth-order valence-electron chi connectivity index (χ4n) is 1.13. The molecule has 1 atom stereocenters. The number of hydrogen-bond donors (Lipinski definition) is 1. The van der Waals surface area contributed by atoms with Crippen LogP contribution in [0.1, 0.15) is 24.8 Å². The van der Waals surface area contributed by atoms with Crippen molar-refractivity contribution in [1.82, 2.24) is 0 Å². The number of hydrogen-bond acceptors (Lipinski definition) is 1. The van der Waals surface area contributed by atoms with Crippen LogP contribution >= 0.6 is 0 Å². The van der Waals surface area contributed by atoms with Gasteiger partial charge < -0.3 is 5.41 Å². The minimum Gasteiger partial charge on any atom is -0.313 e. The van der Waals surface area contributed by atoms with E-state index in [2.05, 4.69) is 0 Å². The molecule has 1 nitrogen and oxygen atoms in total. The summed E-state index contributed by atoms with van der Waals surface area (Å²) in [4.78, 5) is 0. The van der Waals surface area contributed by atoms with Crippen molar-refractivity contribution in [3.63, 3.8) is 0 Å². The maximum atomic E-state index is 12.7. The first-order valence-corrected chi connectivity index (χ1v) is 3.98. The number of halogens is 1. The zero-order valence-electron chi connectivity index (χ0n) is 7.05. The number of nitrogens with one attached hydrogen (secondary N) is 1. The third kappa shape index (κ3) is 2.16. The van der Waals surface area contributed by atoms with E-state index in [0.717, 1.165) is 5.56 Å². The van der Waals surface area contributed by atoms with Crippen LogP contribution in [0.25, 0.3) is 0 Å². The summed E-state index contributed by atoms with van der Waals surface area (Å²) in [6, 6.07) is 6.54.